The summed E-state index contributed by atoms with van der Waals surface area (Å²) in [5.41, 5.74) is 3.94. The number of benzene rings is 1. The topological polar surface area (TPSA) is 78.4 Å². The molecule has 2 aliphatic rings. The van der Waals surface area contributed by atoms with Gasteiger partial charge in [0.15, 0.2) is 0 Å². The summed E-state index contributed by atoms with van der Waals surface area (Å²) in [5.74, 6) is 0.783. The van der Waals surface area contributed by atoms with Crippen molar-refractivity contribution in [3.8, 4) is 0 Å². The standard InChI is InChI=1S/C23H27N5O2S/c1-27-11-7-20(8-12-27)31(29,30)28-13-9-21-18(16-28)6-10-24-23(21)26-19-14-17-4-2-3-5-22(17)25-15-19/h2-6,10,14-15,20H,7-9,11-13,16H2,1H3,(H,24,26). The second-order valence-electron chi connectivity index (χ2n) is 8.47. The van der Waals surface area contributed by atoms with Crippen molar-refractivity contribution >= 4 is 32.4 Å². The molecule has 31 heavy (non-hydrogen) atoms. The molecular formula is C23H27N5O2S. The lowest BCUT2D eigenvalue weighted by Crippen LogP contribution is -2.46. The maximum Gasteiger partial charge on any atom is 0.217 e. The van der Waals surface area contributed by atoms with Crippen LogP contribution in [0.5, 0.6) is 0 Å². The van der Waals surface area contributed by atoms with E-state index < -0.39 is 10.0 Å². The summed E-state index contributed by atoms with van der Waals surface area (Å²) < 4.78 is 28.1. The smallest absolute Gasteiger partial charge is 0.217 e. The fourth-order valence-electron chi connectivity index (χ4n) is 4.56. The molecular weight excluding hydrogens is 410 g/mol. The van der Waals surface area contributed by atoms with Crippen LogP contribution in [0.1, 0.15) is 24.0 Å². The number of para-hydroxylation sites is 1. The molecule has 1 saturated heterocycles. The molecule has 2 aliphatic heterocycles. The number of pyridine rings is 2. The predicted molar refractivity (Wildman–Crippen MR) is 123 cm³/mol. The first-order chi connectivity index (χ1) is 15.0. The highest BCUT2D eigenvalue weighted by molar-refractivity contribution is 7.89. The van der Waals surface area contributed by atoms with Crippen LogP contribution in [0.2, 0.25) is 0 Å². The van der Waals surface area contributed by atoms with Crippen molar-refractivity contribution in [1.82, 2.24) is 19.2 Å². The van der Waals surface area contributed by atoms with Crippen LogP contribution in [0.3, 0.4) is 0 Å². The molecule has 4 heterocycles. The quantitative estimate of drug-likeness (QED) is 0.676. The number of hydrogen-bond acceptors (Lipinski definition) is 6. The third-order valence-electron chi connectivity index (χ3n) is 6.41. The minimum absolute atomic E-state index is 0.270. The van der Waals surface area contributed by atoms with Gasteiger partial charge in [-0.1, -0.05) is 18.2 Å². The Hall–Kier alpha value is -2.55. The van der Waals surface area contributed by atoms with E-state index in [-0.39, 0.29) is 5.25 Å². The van der Waals surface area contributed by atoms with Gasteiger partial charge >= 0.3 is 0 Å². The van der Waals surface area contributed by atoms with Gasteiger partial charge in [-0.25, -0.2) is 13.4 Å². The minimum Gasteiger partial charge on any atom is -0.339 e. The number of nitrogens with zero attached hydrogens (tertiary/aromatic N) is 4. The first-order valence-corrected chi connectivity index (χ1v) is 12.3. The Kier molecular flexibility index (Phi) is 5.37. The molecule has 0 atom stereocenters. The van der Waals surface area contributed by atoms with Crippen LogP contribution in [0, 0.1) is 0 Å². The minimum atomic E-state index is -3.29. The van der Waals surface area contributed by atoms with Gasteiger partial charge < -0.3 is 10.2 Å². The lowest BCUT2D eigenvalue weighted by Gasteiger charge is -2.35. The zero-order valence-corrected chi connectivity index (χ0v) is 18.5. The number of piperidine rings is 1. The van der Waals surface area contributed by atoms with Crippen LogP contribution < -0.4 is 5.32 Å². The second-order valence-corrected chi connectivity index (χ2v) is 10.7. The highest BCUT2D eigenvalue weighted by Gasteiger charge is 2.36. The maximum absolute atomic E-state index is 13.2. The van der Waals surface area contributed by atoms with Gasteiger partial charge in [-0.15, -0.1) is 0 Å². The fourth-order valence-corrected chi connectivity index (χ4v) is 6.45. The summed E-state index contributed by atoms with van der Waals surface area (Å²) in [6, 6.07) is 12.0. The third kappa shape index (κ3) is 4.03. The molecule has 0 amide bonds. The van der Waals surface area contributed by atoms with Crippen LogP contribution in [-0.4, -0.2) is 59.5 Å². The molecule has 0 unspecified atom stereocenters. The van der Waals surface area contributed by atoms with Gasteiger partial charge in [0.05, 0.1) is 22.7 Å². The molecule has 8 heteroatoms. The Balaban J connectivity index is 1.36. The first kappa shape index (κ1) is 20.4. The largest absolute Gasteiger partial charge is 0.339 e. The highest BCUT2D eigenvalue weighted by Crippen LogP contribution is 2.31. The van der Waals surface area contributed by atoms with E-state index in [1.165, 1.54) is 0 Å². The number of rotatable bonds is 4. The summed E-state index contributed by atoms with van der Waals surface area (Å²) >= 11 is 0. The van der Waals surface area contributed by atoms with E-state index in [1.807, 2.05) is 43.6 Å². The molecule has 7 nitrogen and oxygen atoms in total. The molecule has 1 aromatic carbocycles. The van der Waals surface area contributed by atoms with Crippen molar-refractivity contribution in [3.63, 3.8) is 0 Å². The maximum atomic E-state index is 13.2. The fraction of sp³-hybridized carbons (Fsp3) is 0.391. The molecule has 0 spiro atoms. The third-order valence-corrected chi connectivity index (χ3v) is 8.76. The van der Waals surface area contributed by atoms with E-state index in [9.17, 15) is 8.42 Å². The Morgan fingerprint density at radius 1 is 1.06 bits per heavy atom. The van der Waals surface area contributed by atoms with Crippen molar-refractivity contribution in [2.45, 2.75) is 31.1 Å². The van der Waals surface area contributed by atoms with E-state index >= 15 is 0 Å². The molecule has 0 saturated carbocycles. The molecule has 2 aromatic heterocycles. The van der Waals surface area contributed by atoms with E-state index in [0.717, 1.165) is 46.6 Å². The number of nitrogens with one attached hydrogen (secondary N) is 1. The summed E-state index contributed by atoms with van der Waals surface area (Å²) in [7, 11) is -1.24. The molecule has 1 N–H and O–H groups in total. The number of fused-ring (bicyclic) bond motifs is 2. The van der Waals surface area contributed by atoms with Gasteiger partial charge in [0.1, 0.15) is 5.82 Å². The zero-order chi connectivity index (χ0) is 21.4. The predicted octanol–water partition coefficient (Wildman–Crippen LogP) is 3.16. The van der Waals surface area contributed by atoms with E-state index in [0.29, 0.717) is 32.4 Å². The molecule has 162 valence electrons. The Bertz CT molecular complexity index is 1210. The van der Waals surface area contributed by atoms with Crippen molar-refractivity contribution in [1.29, 1.82) is 0 Å². The summed E-state index contributed by atoms with van der Waals surface area (Å²) in [6.45, 7) is 2.59. The van der Waals surface area contributed by atoms with E-state index in [4.69, 9.17) is 0 Å². The average molecular weight is 438 g/mol. The van der Waals surface area contributed by atoms with Gasteiger partial charge in [0.25, 0.3) is 0 Å². The van der Waals surface area contributed by atoms with Crippen LogP contribution in [0.25, 0.3) is 10.9 Å². The lowest BCUT2D eigenvalue weighted by molar-refractivity contribution is 0.270. The normalized spacial score (nSPS) is 18.7. The van der Waals surface area contributed by atoms with Gasteiger partial charge in [-0.2, -0.15) is 4.31 Å². The molecule has 0 radical (unpaired) electrons. The number of anilines is 2. The van der Waals surface area contributed by atoms with Gasteiger partial charge in [0, 0.05) is 30.2 Å². The highest BCUT2D eigenvalue weighted by atomic mass is 32.2. The lowest BCUT2D eigenvalue weighted by atomic mass is 10.0. The number of likely N-dealkylation sites (tertiary alicyclic amines) is 1. The SMILES string of the molecule is CN1CCC(S(=O)(=O)N2CCc3c(ccnc3Nc3cnc4ccccc4c3)C2)CC1. The number of sulfonamides is 1. The van der Waals surface area contributed by atoms with Crippen molar-refractivity contribution in [2.24, 2.45) is 0 Å². The average Bonchev–Trinajstić information content (AvgIpc) is 2.79. The van der Waals surface area contributed by atoms with Crippen molar-refractivity contribution in [3.05, 3.63) is 59.9 Å². The van der Waals surface area contributed by atoms with Gasteiger partial charge in [-0.3, -0.25) is 4.98 Å². The Labute approximate surface area is 183 Å². The molecule has 0 bridgehead atoms. The monoisotopic (exact) mass is 437 g/mol. The summed E-state index contributed by atoms with van der Waals surface area (Å²) in [4.78, 5) is 11.2. The van der Waals surface area contributed by atoms with Crippen LogP contribution >= 0.6 is 0 Å². The number of hydrogen-bond donors (Lipinski definition) is 1. The zero-order valence-electron chi connectivity index (χ0n) is 17.7. The second kappa shape index (κ2) is 8.18. The van der Waals surface area contributed by atoms with Crippen LogP contribution in [0.4, 0.5) is 11.5 Å². The molecule has 0 aliphatic carbocycles. The summed E-state index contributed by atoms with van der Waals surface area (Å²) in [6.07, 6.45) is 5.63. The molecule has 3 aromatic rings. The molecule has 1 fully saturated rings. The molecule has 5 rings (SSSR count). The summed E-state index contributed by atoms with van der Waals surface area (Å²) in [5, 5.41) is 4.19. The van der Waals surface area contributed by atoms with E-state index in [1.54, 1.807) is 10.5 Å². The Morgan fingerprint density at radius 2 is 1.87 bits per heavy atom. The Morgan fingerprint density at radius 3 is 2.71 bits per heavy atom. The van der Waals surface area contributed by atoms with Gasteiger partial charge in [0.2, 0.25) is 10.0 Å². The van der Waals surface area contributed by atoms with Crippen LogP contribution in [-0.2, 0) is 23.0 Å². The number of aromatic nitrogens is 2. The van der Waals surface area contributed by atoms with E-state index in [2.05, 4.69) is 26.3 Å². The van der Waals surface area contributed by atoms with Crippen molar-refractivity contribution in [2.75, 3.05) is 32.0 Å². The first-order valence-electron chi connectivity index (χ1n) is 10.8. The van der Waals surface area contributed by atoms with Crippen LogP contribution in [0.15, 0.2) is 48.8 Å². The van der Waals surface area contributed by atoms with Gasteiger partial charge in [-0.05, 0) is 63.2 Å². The van der Waals surface area contributed by atoms with Crippen molar-refractivity contribution < 1.29 is 8.42 Å².